The average molecular weight is 999 g/mol. The van der Waals surface area contributed by atoms with E-state index in [-0.39, 0.29) is 52.6 Å². The molecule has 2 amide bonds. The molecule has 1 aromatic heterocycles. The molecule has 8 rings (SSSR count). The summed E-state index contributed by atoms with van der Waals surface area (Å²) in [5.74, 6) is -1.35. The van der Waals surface area contributed by atoms with Gasteiger partial charge in [-0.05, 0) is 27.8 Å². The van der Waals surface area contributed by atoms with Crippen molar-refractivity contribution in [3.05, 3.63) is 213 Å². The van der Waals surface area contributed by atoms with E-state index in [4.69, 9.17) is 33.2 Å². The van der Waals surface area contributed by atoms with E-state index in [2.05, 4.69) is 15.6 Å². The zero-order valence-electron chi connectivity index (χ0n) is 40.4. The predicted octanol–water partition coefficient (Wildman–Crippen LogP) is 4.49. The number of aliphatic hydroxyl groups is 2. The molecule has 5 N–H and O–H groups in total. The molecule has 3 heterocycles. The topological polar surface area (TPSA) is 218 Å². The first kappa shape index (κ1) is 52.7. The van der Waals surface area contributed by atoms with Gasteiger partial charge in [0.05, 0.1) is 57.9 Å². The molecule has 0 radical (unpaired) electrons. The fourth-order valence-electron chi connectivity index (χ4n) is 9.05. The van der Waals surface area contributed by atoms with E-state index in [1.165, 1.54) is 23.8 Å². The van der Waals surface area contributed by atoms with Gasteiger partial charge < -0.3 is 54.0 Å². The molecule has 0 bridgehead atoms. The number of carbonyl (C=O) groups excluding carboxylic acids is 2. The van der Waals surface area contributed by atoms with Gasteiger partial charge in [-0.3, -0.25) is 23.9 Å². The average Bonchev–Trinajstić information content (AvgIpc) is 3.75. The second kappa shape index (κ2) is 26.4. The van der Waals surface area contributed by atoms with E-state index >= 15 is 0 Å². The molecule has 17 nitrogen and oxygen atoms in total. The molecule has 384 valence electrons. The number of aliphatic hydroxyl groups excluding tert-OH is 2. The second-order valence-electron chi connectivity index (χ2n) is 18.1. The molecule has 2 unspecified atom stereocenters. The number of nitrogens with one attached hydrogen (secondary N) is 3. The molecule has 6 aromatic rings. The molecule has 2 aliphatic rings. The normalized spacial score (nSPS) is 23.6. The number of aromatic amines is 1. The molecule has 2 fully saturated rings. The fourth-order valence-corrected chi connectivity index (χ4v) is 9.05. The van der Waals surface area contributed by atoms with Crippen LogP contribution < -0.4 is 21.9 Å². The van der Waals surface area contributed by atoms with Crippen molar-refractivity contribution in [2.75, 3.05) is 13.2 Å². The van der Waals surface area contributed by atoms with E-state index in [1.807, 2.05) is 152 Å². The maximum Gasteiger partial charge on any atom is 0.330 e. The highest BCUT2D eigenvalue weighted by Gasteiger charge is 2.50. The van der Waals surface area contributed by atoms with Crippen LogP contribution >= 0.6 is 0 Å². The Hall–Kier alpha value is -6.64. The number of nitrogens with zero attached hydrogens (tertiary/aromatic N) is 1. The van der Waals surface area contributed by atoms with Crippen molar-refractivity contribution in [3.8, 4) is 0 Å². The Morgan fingerprint density at radius 3 is 1.52 bits per heavy atom. The number of carbonyl (C=O) groups is 2. The van der Waals surface area contributed by atoms with Crippen LogP contribution in [0.4, 0.5) is 0 Å². The number of aromatic nitrogens is 2. The van der Waals surface area contributed by atoms with Crippen molar-refractivity contribution in [1.29, 1.82) is 0 Å². The Balaban J connectivity index is 1.02. The zero-order valence-corrected chi connectivity index (χ0v) is 40.4. The van der Waals surface area contributed by atoms with Crippen LogP contribution in [0.2, 0.25) is 0 Å². The second-order valence-corrected chi connectivity index (χ2v) is 18.1. The van der Waals surface area contributed by atoms with Crippen molar-refractivity contribution in [2.45, 2.75) is 114 Å². The Bertz CT molecular complexity index is 2740. The van der Waals surface area contributed by atoms with Crippen molar-refractivity contribution >= 4 is 11.8 Å². The molecule has 5 aromatic carbocycles. The van der Waals surface area contributed by atoms with Crippen molar-refractivity contribution in [3.63, 3.8) is 0 Å². The van der Waals surface area contributed by atoms with Crippen LogP contribution in [0.25, 0.3) is 0 Å². The molecular weight excluding hydrogens is 937 g/mol. The van der Waals surface area contributed by atoms with E-state index in [9.17, 15) is 29.4 Å². The first-order valence-corrected chi connectivity index (χ1v) is 24.4. The number of ether oxygens (including phenoxy) is 7. The van der Waals surface area contributed by atoms with Gasteiger partial charge in [0.15, 0.2) is 12.3 Å². The molecule has 0 saturated carbocycles. The number of benzene rings is 5. The molecule has 73 heavy (non-hydrogen) atoms. The van der Waals surface area contributed by atoms with Gasteiger partial charge in [-0.15, -0.1) is 0 Å². The van der Waals surface area contributed by atoms with E-state index in [0.717, 1.165) is 27.8 Å². The number of H-pyrrole nitrogens is 1. The summed E-state index contributed by atoms with van der Waals surface area (Å²) in [6.45, 7) is 1.93. The molecule has 11 atom stereocenters. The maximum absolute atomic E-state index is 14.0. The first-order chi connectivity index (χ1) is 35.6. The highest BCUT2D eigenvalue weighted by Crippen LogP contribution is 2.35. The van der Waals surface area contributed by atoms with Gasteiger partial charge in [-0.25, -0.2) is 4.79 Å². The van der Waals surface area contributed by atoms with Crippen LogP contribution in [0.3, 0.4) is 0 Å². The molecule has 2 aliphatic heterocycles. The summed E-state index contributed by atoms with van der Waals surface area (Å²) in [5.41, 5.74) is 3.02. The fraction of sp³-hybridized carbons (Fsp3) is 0.357. The van der Waals surface area contributed by atoms with Gasteiger partial charge in [0.2, 0.25) is 5.91 Å². The van der Waals surface area contributed by atoms with Gasteiger partial charge >= 0.3 is 5.69 Å². The largest absolute Gasteiger partial charge is 0.390 e. The summed E-state index contributed by atoms with van der Waals surface area (Å²) in [4.78, 5) is 54.6. The first-order valence-electron chi connectivity index (χ1n) is 24.4. The van der Waals surface area contributed by atoms with Gasteiger partial charge in [0, 0.05) is 32.2 Å². The Kier molecular flexibility index (Phi) is 19.0. The van der Waals surface area contributed by atoms with Crippen LogP contribution in [-0.2, 0) is 75.8 Å². The Morgan fingerprint density at radius 2 is 1.04 bits per heavy atom. The van der Waals surface area contributed by atoms with Crippen molar-refractivity contribution in [1.82, 2.24) is 20.2 Å². The SMILES string of the molecule is CC(=O)N[C@@H]1[C@@H](OCc2ccccc2)[C@H](OCc2ccccc2)[C@@H](COCc2ccccc2)O[C@@H]1CC(O)C(O)C(=O)NC[C@H]1O[C@@H](n2ccc(=O)[nH]c2=O)[C@H](OCc2ccccc2)[C@@H]1OCc1ccccc1. The van der Waals surface area contributed by atoms with Crippen LogP contribution in [0.1, 0.15) is 47.4 Å². The van der Waals surface area contributed by atoms with Crippen molar-refractivity contribution < 1.29 is 53.0 Å². The third kappa shape index (κ3) is 14.8. The molecule has 0 aliphatic carbocycles. The molecule has 2 saturated heterocycles. The van der Waals surface area contributed by atoms with Crippen LogP contribution in [0.15, 0.2) is 174 Å². The number of hydrogen-bond acceptors (Lipinski definition) is 13. The zero-order chi connectivity index (χ0) is 50.9. The molecular formula is C56H62N4O13. The molecule has 17 heteroatoms. The van der Waals surface area contributed by atoms with E-state index in [1.54, 1.807) is 0 Å². The van der Waals surface area contributed by atoms with Crippen LogP contribution in [0, 0.1) is 0 Å². The minimum atomic E-state index is -2.00. The summed E-state index contributed by atoms with van der Waals surface area (Å²) in [7, 11) is 0. The lowest BCUT2D eigenvalue weighted by Crippen LogP contribution is -2.66. The summed E-state index contributed by atoms with van der Waals surface area (Å²) in [5, 5.41) is 29.1. The van der Waals surface area contributed by atoms with E-state index in [0.29, 0.717) is 0 Å². The highest BCUT2D eigenvalue weighted by atomic mass is 16.6. The standard InChI is InChI=1S/C56H62N4O13/c1-37(61)58-48-44(72-46(36-67-31-38-17-7-2-8-18-38)51(69-33-40-21-11-4-12-22-40)52(48)70-34-41-23-13-5-14-24-41)29-43(62)49(64)54(65)57-30-45-50(68-32-39-19-9-3-10-20-39)53(71-35-42-25-15-6-16-26-42)55(73-45)60-28-27-47(63)59-56(60)66/h2-28,43-46,48-53,55,62,64H,29-36H2,1H3,(H,57,65)(H,58,61)(H,59,63,66)/t43?,44-,45-,46-,48+,49?,50-,51-,52-,53-,55-/m1/s1. The van der Waals surface area contributed by atoms with Crippen molar-refractivity contribution in [2.24, 2.45) is 0 Å². The maximum atomic E-state index is 14.0. The summed E-state index contributed by atoms with van der Waals surface area (Å²) < 4.78 is 46.9. The monoisotopic (exact) mass is 998 g/mol. The minimum Gasteiger partial charge on any atom is -0.390 e. The summed E-state index contributed by atoms with van der Waals surface area (Å²) in [6, 6.07) is 47.7. The van der Waals surface area contributed by atoms with Gasteiger partial charge in [0.25, 0.3) is 11.5 Å². The lowest BCUT2D eigenvalue weighted by molar-refractivity contribution is -0.237. The smallest absolute Gasteiger partial charge is 0.330 e. The van der Waals surface area contributed by atoms with E-state index < -0.39 is 90.3 Å². The lowest BCUT2D eigenvalue weighted by atomic mass is 9.88. The van der Waals surface area contributed by atoms with Gasteiger partial charge in [0.1, 0.15) is 36.6 Å². The van der Waals surface area contributed by atoms with Crippen LogP contribution in [0.5, 0.6) is 0 Å². The van der Waals surface area contributed by atoms with Crippen LogP contribution in [-0.4, -0.2) is 106 Å². The Labute approximate surface area is 423 Å². The van der Waals surface area contributed by atoms with Gasteiger partial charge in [-0.1, -0.05) is 152 Å². The van der Waals surface area contributed by atoms with Gasteiger partial charge in [-0.2, -0.15) is 0 Å². The minimum absolute atomic E-state index is 0.0269. The summed E-state index contributed by atoms with van der Waals surface area (Å²) >= 11 is 0. The predicted molar refractivity (Wildman–Crippen MR) is 267 cm³/mol. The highest BCUT2D eigenvalue weighted by molar-refractivity contribution is 5.81. The summed E-state index contributed by atoms with van der Waals surface area (Å²) in [6.07, 6.45) is -10.2. The quantitative estimate of drug-likeness (QED) is 0.0566. The molecule has 0 spiro atoms. The Morgan fingerprint density at radius 1 is 0.589 bits per heavy atom. The third-order valence-corrected chi connectivity index (χ3v) is 12.7. The third-order valence-electron chi connectivity index (χ3n) is 12.7. The number of hydrogen-bond donors (Lipinski definition) is 5. The number of rotatable bonds is 24. The number of amides is 2. The lowest BCUT2D eigenvalue weighted by Gasteiger charge is -2.47.